The van der Waals surface area contributed by atoms with E-state index < -0.39 is 0 Å². The first-order chi connectivity index (χ1) is 17.8. The van der Waals surface area contributed by atoms with Gasteiger partial charge in [-0.2, -0.15) is 0 Å². The molecule has 1 N–H and O–H groups in total. The van der Waals surface area contributed by atoms with Crippen LogP contribution in [-0.2, 0) is 0 Å². The van der Waals surface area contributed by atoms with Crippen LogP contribution in [0, 0.1) is 0 Å². The largest absolute Gasteiger partial charge is 0.355 e. The van der Waals surface area contributed by atoms with Gasteiger partial charge in [0.2, 0.25) is 0 Å². The van der Waals surface area contributed by atoms with E-state index in [-0.39, 0.29) is 0 Å². The molecule has 36 heavy (non-hydrogen) atoms. The molecule has 0 spiro atoms. The smallest absolute Gasteiger partial charge is 0.123 e. The highest BCUT2D eigenvalue weighted by Gasteiger charge is 2.09. The summed E-state index contributed by atoms with van der Waals surface area (Å²) < 4.78 is 0. The maximum Gasteiger partial charge on any atom is 0.123 e. The molecule has 0 fully saturated rings. The van der Waals surface area contributed by atoms with Crippen molar-refractivity contribution in [2.75, 3.05) is 5.32 Å². The average Bonchev–Trinajstić information content (AvgIpc) is 3.45. The maximum atomic E-state index is 4.70. The molecular formula is C32H23N3S. The SMILES string of the molecule is c1ccc(-c2cc(Nc3cccc(-c4ncc(-c5ccccc5)s4)c3)cc(-c3ccccn3)c2)cc1. The fraction of sp³-hybridized carbons (Fsp3) is 0. The number of pyridine rings is 1. The standard InChI is InChI=1S/C32H23N3S/c1-3-10-23(11-4-1)26-18-27(30-16-7-8-17-33-30)21-29(20-26)35-28-15-9-14-25(19-28)32-34-22-31(36-32)24-12-5-2-6-13-24/h1-22,35H. The molecule has 3 nitrogen and oxygen atoms in total. The van der Waals surface area contributed by atoms with Gasteiger partial charge in [-0.15, -0.1) is 11.3 Å². The average molecular weight is 482 g/mol. The van der Waals surface area contributed by atoms with Gasteiger partial charge in [0.1, 0.15) is 5.01 Å². The van der Waals surface area contributed by atoms with Gasteiger partial charge in [-0.1, -0.05) is 78.9 Å². The third kappa shape index (κ3) is 4.81. The Morgan fingerprint density at radius 2 is 1.19 bits per heavy atom. The topological polar surface area (TPSA) is 37.8 Å². The van der Waals surface area contributed by atoms with E-state index in [9.17, 15) is 0 Å². The quantitative estimate of drug-likeness (QED) is 0.258. The molecule has 0 aliphatic heterocycles. The second-order valence-electron chi connectivity index (χ2n) is 8.48. The van der Waals surface area contributed by atoms with Crippen molar-refractivity contribution in [3.8, 4) is 43.4 Å². The first-order valence-electron chi connectivity index (χ1n) is 11.8. The minimum atomic E-state index is 0.948. The number of rotatable bonds is 6. The summed E-state index contributed by atoms with van der Waals surface area (Å²) >= 11 is 1.71. The Kier molecular flexibility index (Phi) is 6.09. The Morgan fingerprint density at radius 1 is 0.500 bits per heavy atom. The van der Waals surface area contributed by atoms with Crippen molar-refractivity contribution in [2.45, 2.75) is 0 Å². The van der Waals surface area contributed by atoms with Crippen molar-refractivity contribution in [2.24, 2.45) is 0 Å². The summed E-state index contributed by atoms with van der Waals surface area (Å²) in [6.07, 6.45) is 3.79. The summed E-state index contributed by atoms with van der Waals surface area (Å²) in [4.78, 5) is 10.4. The lowest BCUT2D eigenvalue weighted by molar-refractivity contribution is 1.33. The minimum Gasteiger partial charge on any atom is -0.355 e. The third-order valence-electron chi connectivity index (χ3n) is 5.96. The van der Waals surface area contributed by atoms with Crippen LogP contribution in [0.1, 0.15) is 0 Å². The molecule has 0 saturated carbocycles. The van der Waals surface area contributed by atoms with Gasteiger partial charge in [0.05, 0.1) is 10.6 Å². The van der Waals surface area contributed by atoms with Crippen LogP contribution in [0.25, 0.3) is 43.4 Å². The zero-order valence-electron chi connectivity index (χ0n) is 19.5. The van der Waals surface area contributed by atoms with E-state index in [1.807, 2.05) is 42.7 Å². The highest BCUT2D eigenvalue weighted by atomic mass is 32.1. The van der Waals surface area contributed by atoms with E-state index in [1.54, 1.807) is 11.3 Å². The number of hydrogen-bond acceptors (Lipinski definition) is 4. The first kappa shape index (κ1) is 22.0. The molecule has 0 atom stereocenters. The molecule has 172 valence electrons. The summed E-state index contributed by atoms with van der Waals surface area (Å²) in [6, 6.07) is 41.8. The Bertz CT molecular complexity index is 1540. The third-order valence-corrected chi connectivity index (χ3v) is 7.06. The van der Waals surface area contributed by atoms with Gasteiger partial charge in [-0.05, 0) is 59.2 Å². The first-order valence-corrected chi connectivity index (χ1v) is 12.6. The fourth-order valence-corrected chi connectivity index (χ4v) is 5.14. The summed E-state index contributed by atoms with van der Waals surface area (Å²) in [7, 11) is 0. The van der Waals surface area contributed by atoms with Gasteiger partial charge in [0, 0.05) is 34.9 Å². The van der Waals surface area contributed by atoms with Gasteiger partial charge in [-0.3, -0.25) is 4.98 Å². The summed E-state index contributed by atoms with van der Waals surface area (Å²) in [6.45, 7) is 0. The number of anilines is 2. The molecule has 4 aromatic carbocycles. The van der Waals surface area contributed by atoms with Gasteiger partial charge in [0.25, 0.3) is 0 Å². The van der Waals surface area contributed by atoms with Crippen LogP contribution < -0.4 is 5.32 Å². The summed E-state index contributed by atoms with van der Waals surface area (Å²) in [5, 5.41) is 4.63. The van der Waals surface area contributed by atoms with Crippen LogP contribution in [0.15, 0.2) is 134 Å². The molecule has 6 aromatic rings. The van der Waals surface area contributed by atoms with Crippen LogP contribution in [-0.4, -0.2) is 9.97 Å². The number of nitrogens with zero attached hydrogens (tertiary/aromatic N) is 2. The molecule has 0 bridgehead atoms. The van der Waals surface area contributed by atoms with Crippen LogP contribution in [0.3, 0.4) is 0 Å². The Labute approximate surface area is 214 Å². The van der Waals surface area contributed by atoms with Gasteiger partial charge >= 0.3 is 0 Å². The van der Waals surface area contributed by atoms with Crippen molar-refractivity contribution < 1.29 is 0 Å². The number of hydrogen-bond donors (Lipinski definition) is 1. The lowest BCUT2D eigenvalue weighted by Crippen LogP contribution is -1.93. The van der Waals surface area contributed by atoms with Crippen LogP contribution in [0.4, 0.5) is 11.4 Å². The molecule has 0 saturated heterocycles. The van der Waals surface area contributed by atoms with Crippen LogP contribution in [0.5, 0.6) is 0 Å². The molecular weight excluding hydrogens is 458 g/mol. The van der Waals surface area contributed by atoms with E-state index in [1.165, 1.54) is 16.0 Å². The molecule has 0 aliphatic rings. The van der Waals surface area contributed by atoms with Crippen molar-refractivity contribution >= 4 is 22.7 Å². The molecule has 0 radical (unpaired) electrons. The Hall–Kier alpha value is -4.54. The van der Waals surface area contributed by atoms with Gasteiger partial charge in [0.15, 0.2) is 0 Å². The lowest BCUT2D eigenvalue weighted by atomic mass is 10.00. The highest BCUT2D eigenvalue weighted by molar-refractivity contribution is 7.18. The van der Waals surface area contributed by atoms with Crippen molar-refractivity contribution in [3.05, 3.63) is 134 Å². The maximum absolute atomic E-state index is 4.70. The number of aromatic nitrogens is 2. The normalized spacial score (nSPS) is 10.8. The number of thiazole rings is 1. The second-order valence-corrected chi connectivity index (χ2v) is 9.51. The molecule has 0 unspecified atom stereocenters. The Balaban J connectivity index is 1.34. The zero-order valence-corrected chi connectivity index (χ0v) is 20.3. The summed E-state index contributed by atoms with van der Waals surface area (Å²) in [5.74, 6) is 0. The zero-order chi connectivity index (χ0) is 24.2. The van der Waals surface area contributed by atoms with E-state index in [0.717, 1.165) is 38.8 Å². The Morgan fingerprint density at radius 3 is 1.97 bits per heavy atom. The predicted molar refractivity (Wildman–Crippen MR) is 151 cm³/mol. The van der Waals surface area contributed by atoms with E-state index in [0.29, 0.717) is 0 Å². The molecule has 4 heteroatoms. The fourth-order valence-electron chi connectivity index (χ4n) is 4.22. The second kappa shape index (κ2) is 9.98. The number of benzene rings is 4. The predicted octanol–water partition coefficient (Wildman–Crippen LogP) is 8.95. The molecule has 0 amide bonds. The van der Waals surface area contributed by atoms with Gasteiger partial charge < -0.3 is 5.32 Å². The van der Waals surface area contributed by atoms with E-state index in [4.69, 9.17) is 4.98 Å². The minimum absolute atomic E-state index is 0.948. The number of nitrogens with one attached hydrogen (secondary N) is 1. The summed E-state index contributed by atoms with van der Waals surface area (Å²) in [5.41, 5.74) is 8.64. The lowest BCUT2D eigenvalue weighted by Gasteiger charge is -2.13. The molecule has 2 aromatic heterocycles. The van der Waals surface area contributed by atoms with E-state index >= 15 is 0 Å². The monoisotopic (exact) mass is 481 g/mol. The van der Waals surface area contributed by atoms with Crippen LogP contribution in [0.2, 0.25) is 0 Å². The van der Waals surface area contributed by atoms with Crippen molar-refractivity contribution in [3.63, 3.8) is 0 Å². The van der Waals surface area contributed by atoms with Crippen molar-refractivity contribution in [1.82, 2.24) is 9.97 Å². The van der Waals surface area contributed by atoms with Gasteiger partial charge in [-0.25, -0.2) is 4.98 Å². The van der Waals surface area contributed by atoms with Crippen LogP contribution >= 0.6 is 11.3 Å². The van der Waals surface area contributed by atoms with Crippen molar-refractivity contribution in [1.29, 1.82) is 0 Å². The molecule has 6 rings (SSSR count). The molecule has 2 heterocycles. The molecule has 0 aliphatic carbocycles. The highest BCUT2D eigenvalue weighted by Crippen LogP contribution is 2.35. The van der Waals surface area contributed by atoms with E-state index in [2.05, 4.69) is 101 Å².